The number of rotatable bonds is 10. The van der Waals surface area contributed by atoms with Crippen LogP contribution >= 0.6 is 23.2 Å². The Labute approximate surface area is 211 Å². The second kappa shape index (κ2) is 12.2. The van der Waals surface area contributed by atoms with Crippen molar-refractivity contribution in [2.24, 2.45) is 0 Å². The number of halogens is 2. The number of carbonyl (C=O) groups excluding carboxylic acids is 2. The van der Waals surface area contributed by atoms with E-state index in [1.807, 2.05) is 27.7 Å². The Morgan fingerprint density at radius 1 is 1.00 bits per heavy atom. The molecule has 0 spiro atoms. The Bertz CT molecular complexity index is 965. The topological polar surface area (TPSA) is 77.1 Å². The molecular formula is C25H32Cl2N2O5. The smallest absolute Gasteiger partial charge is 0.261 e. The number of nitrogens with one attached hydrogen (secondary N) is 1. The molecule has 0 aliphatic heterocycles. The third-order valence-electron chi connectivity index (χ3n) is 4.96. The molecule has 1 N–H and O–H groups in total. The van der Waals surface area contributed by atoms with Crippen LogP contribution < -0.4 is 19.5 Å². The Morgan fingerprint density at radius 3 is 2.00 bits per heavy atom. The van der Waals surface area contributed by atoms with Crippen LogP contribution in [0.15, 0.2) is 36.4 Å². The molecule has 7 nitrogen and oxygen atoms in total. The van der Waals surface area contributed by atoms with Gasteiger partial charge in [0.1, 0.15) is 23.3 Å². The summed E-state index contributed by atoms with van der Waals surface area (Å²) < 4.78 is 16.3. The lowest BCUT2D eigenvalue weighted by molar-refractivity contribution is -0.143. The van der Waals surface area contributed by atoms with E-state index in [-0.39, 0.29) is 19.1 Å². The number of amides is 2. The second-order valence-electron chi connectivity index (χ2n) is 8.72. The van der Waals surface area contributed by atoms with Crippen molar-refractivity contribution < 1.29 is 23.8 Å². The molecule has 0 unspecified atom stereocenters. The van der Waals surface area contributed by atoms with Gasteiger partial charge in [-0.25, -0.2) is 0 Å². The summed E-state index contributed by atoms with van der Waals surface area (Å²) in [7, 11) is 3.05. The molecule has 2 rings (SSSR count). The summed E-state index contributed by atoms with van der Waals surface area (Å²) in [5, 5.41) is 3.78. The van der Waals surface area contributed by atoms with Crippen molar-refractivity contribution in [1.82, 2.24) is 10.2 Å². The first-order valence-electron chi connectivity index (χ1n) is 10.9. The van der Waals surface area contributed by atoms with E-state index < -0.39 is 17.5 Å². The SMILES string of the molecule is CC[C@H](C(=O)NC(C)(C)C)N(Cc1c(Cl)cccc1Cl)C(=O)COc1cc(OC)cc(OC)c1. The normalized spacial score (nSPS) is 12.0. The van der Waals surface area contributed by atoms with Crippen LogP contribution in [0, 0.1) is 0 Å². The first kappa shape index (κ1) is 27.6. The largest absolute Gasteiger partial charge is 0.496 e. The fraction of sp³-hybridized carbons (Fsp3) is 0.440. The first-order valence-corrected chi connectivity index (χ1v) is 11.6. The van der Waals surface area contributed by atoms with Gasteiger partial charge in [0, 0.05) is 45.9 Å². The lowest BCUT2D eigenvalue weighted by atomic mass is 10.1. The average Bonchev–Trinajstić information content (AvgIpc) is 2.77. The highest BCUT2D eigenvalue weighted by Crippen LogP contribution is 2.29. The summed E-state index contributed by atoms with van der Waals surface area (Å²) in [6.45, 7) is 7.24. The van der Waals surface area contributed by atoms with Gasteiger partial charge in [0.15, 0.2) is 6.61 Å². The van der Waals surface area contributed by atoms with Crippen molar-refractivity contribution in [2.75, 3.05) is 20.8 Å². The van der Waals surface area contributed by atoms with E-state index in [0.29, 0.717) is 39.3 Å². The molecule has 0 heterocycles. The standard InChI is InChI=1S/C25H32Cl2N2O5/c1-7-22(24(31)28-25(2,3)4)29(14-19-20(26)9-8-10-21(19)27)23(30)15-34-18-12-16(32-5)11-17(13-18)33-6/h8-13,22H,7,14-15H2,1-6H3,(H,28,31)/t22-/m1/s1. The maximum absolute atomic E-state index is 13.4. The Balaban J connectivity index is 2.34. The highest BCUT2D eigenvalue weighted by molar-refractivity contribution is 6.36. The first-order chi connectivity index (χ1) is 16.0. The molecule has 0 bridgehead atoms. The van der Waals surface area contributed by atoms with Gasteiger partial charge in [-0.05, 0) is 39.3 Å². The predicted molar refractivity (Wildman–Crippen MR) is 134 cm³/mol. The lowest BCUT2D eigenvalue weighted by Gasteiger charge is -2.33. The Hall–Kier alpha value is -2.64. The molecule has 2 amide bonds. The highest BCUT2D eigenvalue weighted by Gasteiger charge is 2.31. The van der Waals surface area contributed by atoms with Crippen LogP contribution in [0.1, 0.15) is 39.7 Å². The van der Waals surface area contributed by atoms with Crippen molar-refractivity contribution >= 4 is 35.0 Å². The fourth-order valence-electron chi connectivity index (χ4n) is 3.32. The maximum atomic E-state index is 13.4. The summed E-state index contributed by atoms with van der Waals surface area (Å²) >= 11 is 12.7. The van der Waals surface area contributed by atoms with Gasteiger partial charge >= 0.3 is 0 Å². The summed E-state index contributed by atoms with van der Waals surface area (Å²) in [6, 6.07) is 9.36. The van der Waals surface area contributed by atoms with E-state index in [0.717, 1.165) is 0 Å². The average molecular weight is 511 g/mol. The van der Waals surface area contributed by atoms with E-state index in [9.17, 15) is 9.59 Å². The minimum atomic E-state index is -0.748. The molecule has 2 aromatic carbocycles. The maximum Gasteiger partial charge on any atom is 0.261 e. The number of carbonyl (C=O) groups is 2. The summed E-state index contributed by atoms with van der Waals surface area (Å²) in [6.07, 6.45) is 0.392. The predicted octanol–water partition coefficient (Wildman–Crippen LogP) is 5.11. The van der Waals surface area contributed by atoms with E-state index in [4.69, 9.17) is 37.4 Å². The van der Waals surface area contributed by atoms with Gasteiger partial charge in [0.25, 0.3) is 5.91 Å². The second-order valence-corrected chi connectivity index (χ2v) is 9.54. The number of nitrogens with zero attached hydrogens (tertiary/aromatic N) is 1. The van der Waals surface area contributed by atoms with Crippen molar-refractivity contribution in [3.8, 4) is 17.2 Å². The minimum Gasteiger partial charge on any atom is -0.496 e. The van der Waals surface area contributed by atoms with E-state index in [1.165, 1.54) is 19.1 Å². The molecule has 0 radical (unpaired) electrons. The van der Waals surface area contributed by atoms with Crippen molar-refractivity contribution in [1.29, 1.82) is 0 Å². The van der Waals surface area contributed by atoms with Gasteiger partial charge in [-0.1, -0.05) is 36.2 Å². The van der Waals surface area contributed by atoms with Crippen molar-refractivity contribution in [2.45, 2.75) is 52.2 Å². The van der Waals surface area contributed by atoms with Gasteiger partial charge < -0.3 is 24.4 Å². The number of benzene rings is 2. The third-order valence-corrected chi connectivity index (χ3v) is 5.67. The van der Waals surface area contributed by atoms with Crippen LogP contribution in [0.4, 0.5) is 0 Å². The van der Waals surface area contributed by atoms with Gasteiger partial charge in [-0.15, -0.1) is 0 Å². The lowest BCUT2D eigenvalue weighted by Crippen LogP contribution is -2.54. The fourth-order valence-corrected chi connectivity index (χ4v) is 3.84. The molecule has 186 valence electrons. The Kier molecular flexibility index (Phi) is 9.89. The number of hydrogen-bond acceptors (Lipinski definition) is 5. The van der Waals surface area contributed by atoms with Crippen molar-refractivity contribution in [3.63, 3.8) is 0 Å². The van der Waals surface area contributed by atoms with Crippen molar-refractivity contribution in [3.05, 3.63) is 52.0 Å². The summed E-state index contributed by atoms with van der Waals surface area (Å²) in [5.74, 6) is 0.783. The zero-order valence-corrected chi connectivity index (χ0v) is 21.9. The molecule has 34 heavy (non-hydrogen) atoms. The molecule has 2 aromatic rings. The van der Waals surface area contributed by atoms with Gasteiger partial charge in [-0.3, -0.25) is 9.59 Å². The molecule has 0 aliphatic rings. The molecule has 0 saturated heterocycles. The number of methoxy groups -OCH3 is 2. The van der Waals surface area contributed by atoms with Gasteiger partial charge in [0.05, 0.1) is 14.2 Å². The molecule has 1 atom stereocenters. The van der Waals surface area contributed by atoms with E-state index >= 15 is 0 Å². The van der Waals surface area contributed by atoms with Crippen LogP contribution in [0.2, 0.25) is 10.0 Å². The van der Waals surface area contributed by atoms with Crippen LogP contribution in [-0.2, 0) is 16.1 Å². The van der Waals surface area contributed by atoms with Gasteiger partial charge in [0.2, 0.25) is 5.91 Å². The summed E-state index contributed by atoms with van der Waals surface area (Å²) in [4.78, 5) is 27.9. The molecule has 0 aliphatic carbocycles. The third kappa shape index (κ3) is 7.71. The van der Waals surface area contributed by atoms with E-state index in [1.54, 1.807) is 36.4 Å². The van der Waals surface area contributed by atoms with Crippen LogP contribution in [0.25, 0.3) is 0 Å². The van der Waals surface area contributed by atoms with Gasteiger partial charge in [-0.2, -0.15) is 0 Å². The zero-order valence-electron chi connectivity index (χ0n) is 20.4. The highest BCUT2D eigenvalue weighted by atomic mass is 35.5. The molecule has 0 aromatic heterocycles. The zero-order chi connectivity index (χ0) is 25.5. The molecular weight excluding hydrogens is 479 g/mol. The monoisotopic (exact) mass is 510 g/mol. The van der Waals surface area contributed by atoms with E-state index in [2.05, 4.69) is 5.32 Å². The molecule has 0 fully saturated rings. The van der Waals surface area contributed by atoms with Crippen LogP contribution in [0.3, 0.4) is 0 Å². The molecule has 9 heteroatoms. The summed E-state index contributed by atoms with van der Waals surface area (Å²) in [5.41, 5.74) is 0.0961. The Morgan fingerprint density at radius 2 is 1.53 bits per heavy atom. The number of ether oxygens (including phenoxy) is 3. The van der Waals surface area contributed by atoms with Crippen LogP contribution in [-0.4, -0.2) is 49.1 Å². The quantitative estimate of drug-likeness (QED) is 0.480. The molecule has 0 saturated carbocycles. The van der Waals surface area contributed by atoms with Crippen LogP contribution in [0.5, 0.6) is 17.2 Å². The number of hydrogen-bond donors (Lipinski definition) is 1. The minimum absolute atomic E-state index is 0.0538.